The Morgan fingerprint density at radius 3 is 2.35 bits per heavy atom. The van der Waals surface area contributed by atoms with E-state index in [1.54, 1.807) is 24.3 Å². The van der Waals surface area contributed by atoms with Crippen LogP contribution in [0.4, 0.5) is 8.78 Å². The normalized spacial score (nSPS) is 10.5. The second-order valence-electron chi connectivity index (χ2n) is 4.32. The van der Waals surface area contributed by atoms with Gasteiger partial charge in [-0.15, -0.1) is 0 Å². The molecular weight excluding hydrogens is 262 g/mol. The van der Waals surface area contributed by atoms with Crippen LogP contribution in [0.1, 0.15) is 5.56 Å². The molecule has 1 amide bonds. The van der Waals surface area contributed by atoms with Crippen LogP contribution in [0.25, 0.3) is 11.1 Å². The number of hydrogen-bond acceptors (Lipinski definition) is 2. The van der Waals surface area contributed by atoms with E-state index < -0.39 is 17.5 Å². The van der Waals surface area contributed by atoms with Gasteiger partial charge in [0, 0.05) is 6.54 Å². The van der Waals surface area contributed by atoms with Crippen LogP contribution in [0, 0.1) is 11.6 Å². The SMILES string of the molecule is NC(=O)CNCc1ccccc1-c1c(F)cccc1F. The Balaban J connectivity index is 2.35. The van der Waals surface area contributed by atoms with Crippen LogP contribution in [0.15, 0.2) is 42.5 Å². The first-order valence-electron chi connectivity index (χ1n) is 6.11. The highest BCUT2D eigenvalue weighted by Crippen LogP contribution is 2.28. The van der Waals surface area contributed by atoms with Crippen molar-refractivity contribution in [2.45, 2.75) is 6.54 Å². The number of primary amides is 1. The summed E-state index contributed by atoms with van der Waals surface area (Å²) in [6.07, 6.45) is 0. The van der Waals surface area contributed by atoms with Crippen molar-refractivity contribution in [3.8, 4) is 11.1 Å². The molecule has 0 heterocycles. The largest absolute Gasteiger partial charge is 0.369 e. The van der Waals surface area contributed by atoms with Gasteiger partial charge >= 0.3 is 0 Å². The van der Waals surface area contributed by atoms with Gasteiger partial charge in [0.25, 0.3) is 0 Å². The van der Waals surface area contributed by atoms with Crippen LogP contribution >= 0.6 is 0 Å². The zero-order chi connectivity index (χ0) is 14.5. The molecule has 0 spiro atoms. The van der Waals surface area contributed by atoms with Gasteiger partial charge in [0.05, 0.1) is 12.1 Å². The lowest BCUT2D eigenvalue weighted by Gasteiger charge is -2.11. The molecule has 0 aliphatic carbocycles. The van der Waals surface area contributed by atoms with Gasteiger partial charge in [-0.2, -0.15) is 0 Å². The zero-order valence-electron chi connectivity index (χ0n) is 10.7. The van der Waals surface area contributed by atoms with Gasteiger partial charge < -0.3 is 11.1 Å². The first kappa shape index (κ1) is 14.1. The third-order valence-corrected chi connectivity index (χ3v) is 2.86. The maximum Gasteiger partial charge on any atom is 0.231 e. The van der Waals surface area contributed by atoms with E-state index in [4.69, 9.17) is 5.73 Å². The van der Waals surface area contributed by atoms with Crippen LogP contribution < -0.4 is 11.1 Å². The summed E-state index contributed by atoms with van der Waals surface area (Å²) in [6.45, 7) is 0.307. The molecule has 0 unspecified atom stereocenters. The van der Waals surface area contributed by atoms with Crippen molar-refractivity contribution < 1.29 is 13.6 Å². The Kier molecular flexibility index (Phi) is 4.42. The molecule has 0 bridgehead atoms. The van der Waals surface area contributed by atoms with Crippen LogP contribution in [-0.2, 0) is 11.3 Å². The summed E-state index contributed by atoms with van der Waals surface area (Å²) in [5.41, 5.74) is 6.12. The van der Waals surface area contributed by atoms with E-state index in [2.05, 4.69) is 5.32 Å². The van der Waals surface area contributed by atoms with Gasteiger partial charge in [0.15, 0.2) is 0 Å². The number of nitrogens with two attached hydrogens (primary N) is 1. The fourth-order valence-corrected chi connectivity index (χ4v) is 1.99. The molecule has 20 heavy (non-hydrogen) atoms. The Hall–Kier alpha value is -2.27. The molecule has 104 valence electrons. The number of hydrogen-bond donors (Lipinski definition) is 2. The molecule has 2 aromatic carbocycles. The van der Waals surface area contributed by atoms with E-state index in [1.165, 1.54) is 18.2 Å². The number of rotatable bonds is 5. The van der Waals surface area contributed by atoms with Crippen LogP contribution in [0.5, 0.6) is 0 Å². The molecule has 0 aliphatic rings. The van der Waals surface area contributed by atoms with Crippen molar-refractivity contribution in [3.05, 3.63) is 59.7 Å². The highest BCUT2D eigenvalue weighted by Gasteiger charge is 2.14. The van der Waals surface area contributed by atoms with Gasteiger partial charge in [-0.25, -0.2) is 8.78 Å². The van der Waals surface area contributed by atoms with Gasteiger partial charge in [-0.1, -0.05) is 30.3 Å². The van der Waals surface area contributed by atoms with E-state index in [0.29, 0.717) is 17.7 Å². The van der Waals surface area contributed by atoms with Crippen LogP contribution in [0.3, 0.4) is 0 Å². The fraction of sp³-hybridized carbons (Fsp3) is 0.133. The molecule has 2 rings (SSSR count). The Morgan fingerprint density at radius 1 is 1.05 bits per heavy atom. The molecule has 3 nitrogen and oxygen atoms in total. The monoisotopic (exact) mass is 276 g/mol. The summed E-state index contributed by atoms with van der Waals surface area (Å²) in [5, 5.41) is 2.83. The van der Waals surface area contributed by atoms with Gasteiger partial charge in [0.1, 0.15) is 11.6 Å². The molecule has 0 radical (unpaired) electrons. The Bertz CT molecular complexity index is 609. The summed E-state index contributed by atoms with van der Waals surface area (Å²) in [7, 11) is 0. The molecule has 0 fully saturated rings. The maximum atomic E-state index is 13.8. The topological polar surface area (TPSA) is 55.1 Å². The quantitative estimate of drug-likeness (QED) is 0.879. The highest BCUT2D eigenvalue weighted by molar-refractivity contribution is 5.76. The standard InChI is InChI=1S/C15H14F2N2O/c16-12-6-3-7-13(17)15(12)11-5-2-1-4-10(11)8-19-9-14(18)20/h1-7,19H,8-9H2,(H2,18,20). The van der Waals surface area contributed by atoms with Crippen molar-refractivity contribution >= 4 is 5.91 Å². The van der Waals surface area contributed by atoms with Crippen molar-refractivity contribution in [2.75, 3.05) is 6.54 Å². The minimum absolute atomic E-state index is 0.00802. The second-order valence-corrected chi connectivity index (χ2v) is 4.32. The molecular formula is C15H14F2N2O. The Morgan fingerprint density at radius 2 is 1.70 bits per heavy atom. The zero-order valence-corrected chi connectivity index (χ0v) is 10.7. The lowest BCUT2D eigenvalue weighted by Crippen LogP contribution is -2.28. The maximum absolute atomic E-state index is 13.8. The predicted molar refractivity (Wildman–Crippen MR) is 72.7 cm³/mol. The van der Waals surface area contributed by atoms with E-state index in [1.807, 2.05) is 0 Å². The smallest absolute Gasteiger partial charge is 0.231 e. The lowest BCUT2D eigenvalue weighted by atomic mass is 9.98. The predicted octanol–water partition coefficient (Wildman–Crippen LogP) is 2.21. The first-order chi connectivity index (χ1) is 9.59. The van der Waals surface area contributed by atoms with Crippen molar-refractivity contribution in [3.63, 3.8) is 0 Å². The van der Waals surface area contributed by atoms with Crippen LogP contribution in [-0.4, -0.2) is 12.5 Å². The minimum atomic E-state index is -0.618. The van der Waals surface area contributed by atoms with Crippen LogP contribution in [0.2, 0.25) is 0 Å². The number of amides is 1. The number of nitrogens with one attached hydrogen (secondary N) is 1. The van der Waals surface area contributed by atoms with Crippen molar-refractivity contribution in [1.82, 2.24) is 5.32 Å². The molecule has 5 heteroatoms. The Labute approximate surface area is 115 Å². The first-order valence-corrected chi connectivity index (χ1v) is 6.11. The summed E-state index contributed by atoms with van der Waals surface area (Å²) >= 11 is 0. The molecule has 0 aliphatic heterocycles. The molecule has 3 N–H and O–H groups in total. The van der Waals surface area contributed by atoms with E-state index in [-0.39, 0.29) is 12.1 Å². The summed E-state index contributed by atoms with van der Waals surface area (Å²) in [5.74, 6) is -1.72. The number of carbonyl (C=O) groups excluding carboxylic acids is 1. The average Bonchev–Trinajstić information content (AvgIpc) is 2.40. The number of carbonyl (C=O) groups is 1. The summed E-state index contributed by atoms with van der Waals surface area (Å²) in [6, 6.07) is 10.6. The molecule has 2 aromatic rings. The molecule has 0 saturated heterocycles. The van der Waals surface area contributed by atoms with Crippen molar-refractivity contribution in [1.29, 1.82) is 0 Å². The average molecular weight is 276 g/mol. The van der Waals surface area contributed by atoms with Gasteiger partial charge in [-0.05, 0) is 23.3 Å². The van der Waals surface area contributed by atoms with E-state index in [0.717, 1.165) is 0 Å². The summed E-state index contributed by atoms with van der Waals surface area (Å²) < 4.78 is 27.7. The molecule has 0 saturated carbocycles. The van der Waals surface area contributed by atoms with Gasteiger partial charge in [-0.3, -0.25) is 4.79 Å². The van der Waals surface area contributed by atoms with E-state index >= 15 is 0 Å². The number of halogens is 2. The molecule has 0 atom stereocenters. The number of benzene rings is 2. The van der Waals surface area contributed by atoms with Crippen molar-refractivity contribution in [2.24, 2.45) is 5.73 Å². The fourth-order valence-electron chi connectivity index (χ4n) is 1.99. The highest BCUT2D eigenvalue weighted by atomic mass is 19.1. The second kappa shape index (κ2) is 6.25. The third kappa shape index (κ3) is 3.19. The summed E-state index contributed by atoms with van der Waals surface area (Å²) in [4.78, 5) is 10.7. The minimum Gasteiger partial charge on any atom is -0.369 e. The van der Waals surface area contributed by atoms with Gasteiger partial charge in [0.2, 0.25) is 5.91 Å². The van der Waals surface area contributed by atoms with E-state index in [9.17, 15) is 13.6 Å². The molecule has 0 aromatic heterocycles. The third-order valence-electron chi connectivity index (χ3n) is 2.86. The lowest BCUT2D eigenvalue weighted by molar-refractivity contribution is -0.117.